The minimum absolute atomic E-state index is 0.0121. The van der Waals surface area contributed by atoms with E-state index in [1.807, 2.05) is 43.3 Å². The number of carbonyl (C=O) groups excluding carboxylic acids is 2. The maximum absolute atomic E-state index is 12.7. The molecule has 1 aromatic heterocycles. The van der Waals surface area contributed by atoms with Crippen LogP contribution >= 0.6 is 11.8 Å². The molecule has 9 heteroatoms. The zero-order valence-electron chi connectivity index (χ0n) is 21.3. The van der Waals surface area contributed by atoms with E-state index in [9.17, 15) is 9.59 Å². The third-order valence-electron chi connectivity index (χ3n) is 6.70. The Kier molecular flexibility index (Phi) is 9.85. The highest BCUT2D eigenvalue weighted by Crippen LogP contribution is 2.45. The number of thioether (sulfide) groups is 1. The fraction of sp³-hybridized carbons (Fsp3) is 0.464. The van der Waals surface area contributed by atoms with E-state index in [0.29, 0.717) is 39.0 Å². The molecular weight excluding hydrogens is 488 g/mol. The van der Waals surface area contributed by atoms with E-state index in [0.717, 1.165) is 36.1 Å². The van der Waals surface area contributed by atoms with Crippen LogP contribution in [0.1, 0.15) is 43.7 Å². The molecule has 4 rings (SSSR count). The Labute approximate surface area is 222 Å². The minimum Gasteiger partial charge on any atom is -0.494 e. The van der Waals surface area contributed by atoms with Gasteiger partial charge in [-0.15, -0.1) is 11.8 Å². The van der Waals surface area contributed by atoms with Gasteiger partial charge in [0.2, 0.25) is 5.91 Å². The molecule has 2 amide bonds. The lowest BCUT2D eigenvalue weighted by Crippen LogP contribution is -2.44. The molecular formula is C28H36N4O4S. The van der Waals surface area contributed by atoms with Gasteiger partial charge in [-0.3, -0.25) is 9.78 Å². The zero-order chi connectivity index (χ0) is 26.0. The average Bonchev–Trinajstić information content (AvgIpc) is 3.22. The Morgan fingerprint density at radius 3 is 2.86 bits per heavy atom. The first-order valence-corrected chi connectivity index (χ1v) is 13.8. The molecule has 0 spiro atoms. The van der Waals surface area contributed by atoms with E-state index >= 15 is 0 Å². The lowest BCUT2D eigenvalue weighted by atomic mass is 9.87. The first-order valence-electron chi connectivity index (χ1n) is 13.0. The molecule has 2 aromatic rings. The van der Waals surface area contributed by atoms with Crippen LogP contribution in [0.4, 0.5) is 4.79 Å². The Morgan fingerprint density at radius 2 is 2.05 bits per heavy atom. The summed E-state index contributed by atoms with van der Waals surface area (Å²) in [5, 5.41) is 5.77. The zero-order valence-corrected chi connectivity index (χ0v) is 22.1. The van der Waals surface area contributed by atoms with Gasteiger partial charge in [-0.05, 0) is 78.7 Å². The number of rotatable bonds is 11. The number of allylic oxidation sites excluding steroid dienone is 1. The lowest BCUT2D eigenvalue weighted by molar-refractivity contribution is -0.121. The van der Waals surface area contributed by atoms with Crippen molar-refractivity contribution >= 4 is 23.8 Å². The van der Waals surface area contributed by atoms with E-state index in [-0.39, 0.29) is 23.2 Å². The van der Waals surface area contributed by atoms with E-state index in [1.165, 1.54) is 10.5 Å². The number of nitrogens with one attached hydrogen (secondary N) is 2. The number of aryl methyl sites for hydroxylation is 1. The molecule has 3 atom stereocenters. The quantitative estimate of drug-likeness (QED) is 0.408. The van der Waals surface area contributed by atoms with Crippen LogP contribution in [-0.4, -0.2) is 48.2 Å². The smallest absolute Gasteiger partial charge is 0.407 e. The van der Waals surface area contributed by atoms with Gasteiger partial charge in [0, 0.05) is 25.4 Å². The van der Waals surface area contributed by atoms with Crippen molar-refractivity contribution in [3.05, 3.63) is 70.4 Å². The van der Waals surface area contributed by atoms with Crippen molar-refractivity contribution in [2.24, 2.45) is 11.7 Å². The number of carbonyl (C=O) groups is 2. The molecule has 1 aromatic carbocycles. The first kappa shape index (κ1) is 27.0. The van der Waals surface area contributed by atoms with Gasteiger partial charge in [0.05, 0.1) is 24.6 Å². The molecule has 37 heavy (non-hydrogen) atoms. The molecule has 2 aliphatic rings. The Bertz CT molecular complexity index is 1090. The van der Waals surface area contributed by atoms with E-state index in [4.69, 9.17) is 15.2 Å². The number of benzene rings is 1. The van der Waals surface area contributed by atoms with Crippen LogP contribution in [0.25, 0.3) is 0 Å². The lowest BCUT2D eigenvalue weighted by Gasteiger charge is -2.24. The van der Waals surface area contributed by atoms with Gasteiger partial charge in [-0.2, -0.15) is 0 Å². The molecule has 8 nitrogen and oxygen atoms in total. The van der Waals surface area contributed by atoms with Gasteiger partial charge >= 0.3 is 6.09 Å². The van der Waals surface area contributed by atoms with Crippen LogP contribution in [0, 0.1) is 5.92 Å². The normalized spacial score (nSPS) is 20.8. The predicted molar refractivity (Wildman–Crippen MR) is 145 cm³/mol. The molecule has 2 heterocycles. The fourth-order valence-corrected chi connectivity index (χ4v) is 6.26. The number of hydrogen-bond donors (Lipinski definition) is 3. The van der Waals surface area contributed by atoms with Crippen LogP contribution in [0.2, 0.25) is 0 Å². The van der Waals surface area contributed by atoms with Crippen LogP contribution in [-0.2, 0) is 22.4 Å². The summed E-state index contributed by atoms with van der Waals surface area (Å²) in [6.45, 7) is 3.43. The van der Waals surface area contributed by atoms with Crippen molar-refractivity contribution in [2.75, 3.05) is 19.8 Å². The summed E-state index contributed by atoms with van der Waals surface area (Å²) >= 11 is 1.65. The summed E-state index contributed by atoms with van der Waals surface area (Å²) in [5.41, 5.74) is 9.84. The molecule has 198 valence electrons. The molecule has 0 fully saturated rings. The Balaban J connectivity index is 1.17. The molecule has 0 saturated heterocycles. The van der Waals surface area contributed by atoms with Crippen LogP contribution < -0.4 is 21.1 Å². The molecule has 1 aliphatic heterocycles. The van der Waals surface area contributed by atoms with Gasteiger partial charge in [-0.1, -0.05) is 24.3 Å². The van der Waals surface area contributed by atoms with Gasteiger partial charge in [0.25, 0.3) is 0 Å². The number of nitrogens with zero attached hydrogens (tertiary/aromatic N) is 1. The molecule has 0 bridgehead atoms. The third-order valence-corrected chi connectivity index (χ3v) is 8.08. The fourth-order valence-electron chi connectivity index (χ4n) is 4.73. The van der Waals surface area contributed by atoms with Gasteiger partial charge < -0.3 is 25.8 Å². The second kappa shape index (κ2) is 13.5. The highest BCUT2D eigenvalue weighted by Gasteiger charge is 2.37. The van der Waals surface area contributed by atoms with Gasteiger partial charge in [-0.25, -0.2) is 4.79 Å². The summed E-state index contributed by atoms with van der Waals surface area (Å²) < 4.78 is 11.1. The van der Waals surface area contributed by atoms with Crippen molar-refractivity contribution < 1.29 is 19.1 Å². The third kappa shape index (κ3) is 7.72. The van der Waals surface area contributed by atoms with E-state index < -0.39 is 6.09 Å². The predicted octanol–water partition coefficient (Wildman–Crippen LogP) is 3.95. The van der Waals surface area contributed by atoms with Crippen molar-refractivity contribution in [3.8, 4) is 5.75 Å². The van der Waals surface area contributed by atoms with Crippen molar-refractivity contribution in [1.29, 1.82) is 0 Å². The Morgan fingerprint density at radius 1 is 1.19 bits per heavy atom. The minimum atomic E-state index is -0.393. The summed E-state index contributed by atoms with van der Waals surface area (Å²) in [6, 6.07) is 11.5. The number of aromatic nitrogens is 1. The van der Waals surface area contributed by atoms with Crippen molar-refractivity contribution in [3.63, 3.8) is 0 Å². The molecule has 0 saturated carbocycles. The van der Waals surface area contributed by atoms with E-state index in [1.54, 1.807) is 24.2 Å². The molecule has 4 N–H and O–H groups in total. The average molecular weight is 525 g/mol. The monoisotopic (exact) mass is 524 g/mol. The highest BCUT2D eigenvalue weighted by atomic mass is 32.2. The number of pyridine rings is 1. The number of ether oxygens (including phenoxy) is 2. The summed E-state index contributed by atoms with van der Waals surface area (Å²) in [6.07, 6.45) is 7.45. The van der Waals surface area contributed by atoms with Crippen LogP contribution in [0.3, 0.4) is 0 Å². The number of nitrogens with two attached hydrogens (primary N) is 1. The number of hydrogen-bond acceptors (Lipinski definition) is 7. The molecule has 1 aliphatic carbocycles. The van der Waals surface area contributed by atoms with Gasteiger partial charge in [0.15, 0.2) is 0 Å². The molecule has 0 radical (unpaired) electrons. The van der Waals surface area contributed by atoms with Crippen molar-refractivity contribution in [2.45, 2.75) is 56.9 Å². The van der Waals surface area contributed by atoms with Gasteiger partial charge in [0.1, 0.15) is 5.75 Å². The topological polar surface area (TPSA) is 116 Å². The molecule has 3 unspecified atom stereocenters. The van der Waals surface area contributed by atoms with E-state index in [2.05, 4.69) is 15.6 Å². The summed E-state index contributed by atoms with van der Waals surface area (Å²) in [4.78, 5) is 30.1. The SMILES string of the molecule is CCOc1ccccc1CCC(=O)NC1SC2=C(CCC(COC(=O)NCCc3cccnc3)C2)C1N. The first-order chi connectivity index (χ1) is 18.0. The summed E-state index contributed by atoms with van der Waals surface area (Å²) in [7, 11) is 0. The summed E-state index contributed by atoms with van der Waals surface area (Å²) in [5.74, 6) is 1.08. The second-order valence-electron chi connectivity index (χ2n) is 9.37. The number of alkyl carbamates (subject to hydrolysis) is 1. The maximum atomic E-state index is 12.7. The number of para-hydroxylation sites is 1. The second-order valence-corrected chi connectivity index (χ2v) is 10.6. The maximum Gasteiger partial charge on any atom is 0.407 e. The van der Waals surface area contributed by atoms with Crippen LogP contribution in [0.5, 0.6) is 5.75 Å². The van der Waals surface area contributed by atoms with Crippen molar-refractivity contribution in [1.82, 2.24) is 15.6 Å². The Hall–Kier alpha value is -3.04. The van der Waals surface area contributed by atoms with Crippen LogP contribution in [0.15, 0.2) is 59.3 Å². The standard InChI is InChI=1S/C28H36N4O4S/c1-2-35-23-8-4-3-7-21(23)10-12-25(33)32-27-26(29)22-11-9-20(16-24(22)37-27)18-36-28(34)31-15-13-19-6-5-14-30-17-19/h3-8,14,17,20,26-27H,2,9-13,15-16,18,29H2,1H3,(H,31,34)(H,32,33). The number of amides is 2. The highest BCUT2D eigenvalue weighted by molar-refractivity contribution is 8.04. The largest absolute Gasteiger partial charge is 0.494 e.